The van der Waals surface area contributed by atoms with E-state index in [1.165, 1.54) is 116 Å². The lowest BCUT2D eigenvalue weighted by atomic mass is 10.0. The highest BCUT2D eigenvalue weighted by Gasteiger charge is 2.30. The zero-order valence-corrected chi connectivity index (χ0v) is 54.4. The van der Waals surface area contributed by atoms with Crippen LogP contribution in [-0.2, 0) is 65.4 Å². The van der Waals surface area contributed by atoms with Crippen molar-refractivity contribution in [2.24, 2.45) is 5.92 Å². The third-order valence-electron chi connectivity index (χ3n) is 14.5. The molecule has 0 aromatic heterocycles. The van der Waals surface area contributed by atoms with Crippen LogP contribution in [-0.4, -0.2) is 96.7 Å². The Morgan fingerprint density at radius 3 is 0.829 bits per heavy atom. The molecule has 0 amide bonds. The van der Waals surface area contributed by atoms with Crippen LogP contribution < -0.4 is 0 Å². The maximum Gasteiger partial charge on any atom is 0.472 e. The molecular weight excluding hydrogens is 1090 g/mol. The summed E-state index contributed by atoms with van der Waals surface area (Å²) in [5, 5.41) is 10.5. The standard InChI is InChI=1S/C63H122O17P2/c1-6-9-12-15-18-19-28-33-37-42-47-61(66)74-53-59(80-63(68)49-44-39-34-29-26-24-22-20-21-23-25-27-32-35-40-45-56(4)5)55-78-82(71,72)76-51-57(64)50-75-81(69,70)77-54-58(79-62(67)48-43-38-31-17-14-11-8-3)52-73-60(65)46-41-36-30-16-13-10-7-2/h56-59,64H,6-55H2,1-5H3,(H,69,70)(H,71,72)/t57-,58+,59+/m0/s1. The van der Waals surface area contributed by atoms with Crippen LogP contribution in [0.5, 0.6) is 0 Å². The van der Waals surface area contributed by atoms with E-state index in [2.05, 4.69) is 34.6 Å². The minimum absolute atomic E-state index is 0.103. The van der Waals surface area contributed by atoms with Crippen molar-refractivity contribution in [1.29, 1.82) is 0 Å². The number of ether oxygens (including phenoxy) is 4. The Morgan fingerprint density at radius 1 is 0.329 bits per heavy atom. The van der Waals surface area contributed by atoms with Crippen LogP contribution in [0, 0.1) is 5.92 Å². The highest BCUT2D eigenvalue weighted by molar-refractivity contribution is 7.47. The fraction of sp³-hybridized carbons (Fsp3) is 0.937. The fourth-order valence-electron chi connectivity index (χ4n) is 9.41. The van der Waals surface area contributed by atoms with Crippen molar-refractivity contribution < 1.29 is 80.2 Å². The summed E-state index contributed by atoms with van der Waals surface area (Å²) in [5.74, 6) is -1.34. The van der Waals surface area contributed by atoms with Crippen molar-refractivity contribution in [1.82, 2.24) is 0 Å². The number of carbonyl (C=O) groups excluding carboxylic acids is 4. The van der Waals surface area contributed by atoms with Gasteiger partial charge in [0.05, 0.1) is 26.4 Å². The van der Waals surface area contributed by atoms with Crippen LogP contribution in [0.25, 0.3) is 0 Å². The van der Waals surface area contributed by atoms with Crippen molar-refractivity contribution in [3.8, 4) is 0 Å². The largest absolute Gasteiger partial charge is 0.472 e. The average Bonchev–Trinajstić information content (AvgIpc) is 3.44. The summed E-state index contributed by atoms with van der Waals surface area (Å²) >= 11 is 0. The number of aliphatic hydroxyl groups excluding tert-OH is 1. The van der Waals surface area contributed by atoms with Crippen LogP contribution in [0.4, 0.5) is 0 Å². The van der Waals surface area contributed by atoms with Crippen molar-refractivity contribution in [3.63, 3.8) is 0 Å². The molecule has 486 valence electrons. The quantitative estimate of drug-likeness (QED) is 0.0222. The lowest BCUT2D eigenvalue weighted by Gasteiger charge is -2.21. The third kappa shape index (κ3) is 57.2. The second-order valence-corrected chi connectivity index (χ2v) is 26.2. The molecule has 3 N–H and O–H groups in total. The third-order valence-corrected chi connectivity index (χ3v) is 16.4. The second-order valence-electron chi connectivity index (χ2n) is 23.3. The van der Waals surface area contributed by atoms with E-state index in [1.54, 1.807) is 0 Å². The van der Waals surface area contributed by atoms with E-state index in [0.29, 0.717) is 25.7 Å². The lowest BCUT2D eigenvalue weighted by molar-refractivity contribution is -0.161. The zero-order valence-electron chi connectivity index (χ0n) is 52.6. The Hall–Kier alpha value is -1.94. The molecule has 0 spiro atoms. The summed E-state index contributed by atoms with van der Waals surface area (Å²) in [6.45, 7) is 7.12. The SMILES string of the molecule is CCCCCCCCCCCCC(=O)OC[C@H](COP(=O)(O)OC[C@@H](O)COP(=O)(O)OC[C@@H](COC(=O)CCCCCCCCC)OC(=O)CCCCCCCCC)OC(=O)CCCCCCCCCCCCCCCCCC(C)C. The minimum Gasteiger partial charge on any atom is -0.462 e. The second kappa shape index (κ2) is 56.8. The highest BCUT2D eigenvalue weighted by Crippen LogP contribution is 2.45. The maximum absolute atomic E-state index is 13.0. The predicted molar refractivity (Wildman–Crippen MR) is 326 cm³/mol. The van der Waals surface area contributed by atoms with Gasteiger partial charge in [0.25, 0.3) is 0 Å². The molecule has 82 heavy (non-hydrogen) atoms. The van der Waals surface area contributed by atoms with Crippen LogP contribution in [0.2, 0.25) is 0 Å². The number of esters is 4. The molecule has 0 rings (SSSR count). The smallest absolute Gasteiger partial charge is 0.462 e. The minimum atomic E-state index is -4.94. The van der Waals surface area contributed by atoms with Gasteiger partial charge in [-0.2, -0.15) is 0 Å². The molecule has 0 aromatic rings. The van der Waals surface area contributed by atoms with E-state index < -0.39 is 97.5 Å². The summed E-state index contributed by atoms with van der Waals surface area (Å²) in [4.78, 5) is 71.9. The number of phosphoric acid groups is 2. The van der Waals surface area contributed by atoms with Gasteiger partial charge in [-0.15, -0.1) is 0 Å². The zero-order chi connectivity index (χ0) is 60.6. The molecule has 17 nitrogen and oxygen atoms in total. The molecule has 19 heteroatoms. The fourth-order valence-corrected chi connectivity index (χ4v) is 11.0. The van der Waals surface area contributed by atoms with Crippen molar-refractivity contribution in [2.45, 2.75) is 335 Å². The van der Waals surface area contributed by atoms with E-state index in [1.807, 2.05) is 0 Å². The van der Waals surface area contributed by atoms with E-state index in [-0.39, 0.29) is 25.7 Å². The number of rotatable bonds is 63. The van der Waals surface area contributed by atoms with Crippen molar-refractivity contribution in [2.75, 3.05) is 39.6 Å². The van der Waals surface area contributed by atoms with Crippen LogP contribution in [0.3, 0.4) is 0 Å². The molecule has 0 saturated carbocycles. The van der Waals surface area contributed by atoms with Gasteiger partial charge in [0.1, 0.15) is 19.3 Å². The predicted octanol–water partition coefficient (Wildman–Crippen LogP) is 17.4. The first-order valence-corrected chi connectivity index (χ1v) is 36.1. The Morgan fingerprint density at radius 2 is 0.561 bits per heavy atom. The first-order chi connectivity index (χ1) is 39.5. The van der Waals surface area contributed by atoms with Gasteiger partial charge in [0.15, 0.2) is 12.2 Å². The molecule has 0 aliphatic carbocycles. The number of unbranched alkanes of at least 4 members (excludes halogenated alkanes) is 35. The van der Waals surface area contributed by atoms with Crippen LogP contribution >= 0.6 is 15.6 Å². The Kier molecular flexibility index (Phi) is 55.5. The van der Waals surface area contributed by atoms with E-state index in [4.69, 9.17) is 37.0 Å². The summed E-state index contributed by atoms with van der Waals surface area (Å²) in [6, 6.07) is 0. The van der Waals surface area contributed by atoms with E-state index in [0.717, 1.165) is 121 Å². The normalized spacial score (nSPS) is 14.3. The average molecular weight is 1210 g/mol. The van der Waals surface area contributed by atoms with Gasteiger partial charge in [-0.25, -0.2) is 9.13 Å². The molecule has 5 atom stereocenters. The molecule has 0 bridgehead atoms. The van der Waals surface area contributed by atoms with E-state index >= 15 is 0 Å². The molecule has 0 aliphatic heterocycles. The number of hydrogen-bond donors (Lipinski definition) is 3. The molecule has 0 aromatic carbocycles. The number of hydrogen-bond acceptors (Lipinski definition) is 15. The molecule has 0 heterocycles. The molecule has 0 fully saturated rings. The van der Waals surface area contributed by atoms with Gasteiger partial charge in [-0.3, -0.25) is 37.3 Å². The Bertz CT molecular complexity index is 1600. The topological polar surface area (TPSA) is 237 Å². The number of phosphoric ester groups is 2. The highest BCUT2D eigenvalue weighted by atomic mass is 31.2. The summed E-state index contributed by atoms with van der Waals surface area (Å²) in [6.07, 6.45) is 40.6. The molecule has 0 saturated heterocycles. The van der Waals surface area contributed by atoms with Crippen LogP contribution in [0.15, 0.2) is 0 Å². The molecular formula is C63H122O17P2. The molecule has 0 aliphatic rings. The molecule has 2 unspecified atom stereocenters. The van der Waals surface area contributed by atoms with Gasteiger partial charge < -0.3 is 33.8 Å². The summed E-state index contributed by atoms with van der Waals surface area (Å²) in [7, 11) is -9.87. The maximum atomic E-state index is 13.0. The summed E-state index contributed by atoms with van der Waals surface area (Å²) in [5.41, 5.74) is 0. The monoisotopic (exact) mass is 1210 g/mol. The van der Waals surface area contributed by atoms with Gasteiger partial charge >= 0.3 is 39.5 Å². The summed E-state index contributed by atoms with van der Waals surface area (Å²) < 4.78 is 67.7. The Labute approximate surface area is 498 Å². The van der Waals surface area contributed by atoms with Crippen LogP contribution in [0.1, 0.15) is 317 Å². The van der Waals surface area contributed by atoms with Gasteiger partial charge in [0, 0.05) is 25.7 Å². The lowest BCUT2D eigenvalue weighted by Crippen LogP contribution is -2.30. The van der Waals surface area contributed by atoms with Crippen molar-refractivity contribution in [3.05, 3.63) is 0 Å². The first kappa shape index (κ1) is 80.1. The molecule has 0 radical (unpaired) electrons. The number of aliphatic hydroxyl groups is 1. The van der Waals surface area contributed by atoms with Gasteiger partial charge in [0.2, 0.25) is 0 Å². The number of carbonyl (C=O) groups is 4. The van der Waals surface area contributed by atoms with Gasteiger partial charge in [-0.05, 0) is 31.6 Å². The van der Waals surface area contributed by atoms with E-state index in [9.17, 15) is 43.2 Å². The Balaban J connectivity index is 5.13. The van der Waals surface area contributed by atoms with Gasteiger partial charge in [-0.1, -0.05) is 266 Å². The first-order valence-electron chi connectivity index (χ1n) is 33.1. The van der Waals surface area contributed by atoms with Crippen molar-refractivity contribution >= 4 is 39.5 Å².